The van der Waals surface area contributed by atoms with Crippen LogP contribution in [-0.2, 0) is 10.8 Å². The van der Waals surface area contributed by atoms with Gasteiger partial charge < -0.3 is 4.90 Å². The zero-order chi connectivity index (χ0) is 42.0. The first-order chi connectivity index (χ1) is 31.6. The van der Waals surface area contributed by atoms with E-state index >= 15 is 0 Å². The molecule has 9 aromatic carbocycles. The summed E-state index contributed by atoms with van der Waals surface area (Å²) in [5.41, 5.74) is 20.8. The van der Waals surface area contributed by atoms with Crippen molar-refractivity contribution in [1.82, 2.24) is 0 Å². The summed E-state index contributed by atoms with van der Waals surface area (Å²) < 4.78 is 0. The second-order valence-electron chi connectivity index (χ2n) is 19.8. The maximum Gasteiger partial charge on any atom is 0.0726 e. The Kier molecular flexibility index (Phi) is 7.86. The molecule has 0 atom stereocenters. The summed E-state index contributed by atoms with van der Waals surface area (Å²) >= 11 is 0. The molecule has 15 rings (SSSR count). The normalized spacial score (nSPS) is 21.4. The van der Waals surface area contributed by atoms with Crippen LogP contribution in [0, 0.1) is 17.8 Å². The number of fused-ring (bicyclic) bond motifs is 11. The molecule has 0 heterocycles. The second kappa shape index (κ2) is 13.8. The first-order valence-electron chi connectivity index (χ1n) is 23.7. The Hall–Kier alpha value is -6.96. The lowest BCUT2D eigenvalue weighted by Gasteiger charge is -2.57. The van der Waals surface area contributed by atoms with Gasteiger partial charge in [-0.05, 0) is 181 Å². The van der Waals surface area contributed by atoms with Gasteiger partial charge in [-0.1, -0.05) is 170 Å². The Labute approximate surface area is 376 Å². The van der Waals surface area contributed by atoms with E-state index in [1.165, 1.54) is 127 Å². The Morgan fingerprint density at radius 1 is 0.344 bits per heavy atom. The molecule has 0 amide bonds. The van der Waals surface area contributed by atoms with Crippen LogP contribution < -0.4 is 4.90 Å². The van der Waals surface area contributed by atoms with Gasteiger partial charge in [-0.15, -0.1) is 0 Å². The summed E-state index contributed by atoms with van der Waals surface area (Å²) in [6, 6.07) is 78.3. The molecule has 0 saturated heterocycles. The van der Waals surface area contributed by atoms with Crippen molar-refractivity contribution in [1.29, 1.82) is 0 Å². The molecule has 6 aliphatic carbocycles. The molecule has 0 aliphatic heterocycles. The molecule has 4 fully saturated rings. The van der Waals surface area contributed by atoms with E-state index in [0.29, 0.717) is 5.41 Å². The van der Waals surface area contributed by atoms with Crippen molar-refractivity contribution < 1.29 is 0 Å². The van der Waals surface area contributed by atoms with Crippen molar-refractivity contribution in [3.8, 4) is 44.5 Å². The fraction of sp³-hybridized carbons (Fsp3) is 0.175. The van der Waals surface area contributed by atoms with Crippen molar-refractivity contribution in [3.63, 3.8) is 0 Å². The van der Waals surface area contributed by atoms with E-state index in [0.717, 1.165) is 23.4 Å². The number of benzene rings is 9. The molecule has 306 valence electrons. The van der Waals surface area contributed by atoms with Crippen molar-refractivity contribution >= 4 is 27.8 Å². The third-order valence-electron chi connectivity index (χ3n) is 16.4. The molecule has 4 bridgehead atoms. The molecule has 64 heavy (non-hydrogen) atoms. The average Bonchev–Trinajstić information content (AvgIpc) is 3.81. The summed E-state index contributed by atoms with van der Waals surface area (Å²) in [6.45, 7) is 0. The zero-order valence-corrected chi connectivity index (χ0v) is 36.1. The lowest BCUT2D eigenvalue weighted by molar-refractivity contribution is -0.00518. The van der Waals surface area contributed by atoms with Gasteiger partial charge in [0.1, 0.15) is 0 Å². The number of nitrogens with zero attached hydrogens (tertiary/aromatic N) is 1. The predicted octanol–water partition coefficient (Wildman–Crippen LogP) is 16.5. The largest absolute Gasteiger partial charge is 0.310 e. The Morgan fingerprint density at radius 2 is 0.781 bits per heavy atom. The fourth-order valence-corrected chi connectivity index (χ4v) is 14.3. The van der Waals surface area contributed by atoms with Crippen LogP contribution in [0.5, 0.6) is 0 Å². The van der Waals surface area contributed by atoms with Crippen molar-refractivity contribution in [3.05, 3.63) is 234 Å². The van der Waals surface area contributed by atoms with Crippen LogP contribution in [0.25, 0.3) is 55.3 Å². The van der Waals surface area contributed by atoms with Crippen LogP contribution in [-0.4, -0.2) is 0 Å². The third-order valence-corrected chi connectivity index (χ3v) is 16.4. The highest BCUT2D eigenvalue weighted by Gasteiger charge is 2.53. The van der Waals surface area contributed by atoms with Gasteiger partial charge in [0, 0.05) is 17.1 Å². The van der Waals surface area contributed by atoms with Crippen LogP contribution in [0.1, 0.15) is 66.3 Å². The van der Waals surface area contributed by atoms with Gasteiger partial charge in [-0.25, -0.2) is 0 Å². The van der Waals surface area contributed by atoms with Crippen LogP contribution >= 0.6 is 0 Å². The van der Waals surface area contributed by atoms with Crippen LogP contribution in [0.15, 0.2) is 206 Å². The van der Waals surface area contributed by atoms with E-state index in [-0.39, 0.29) is 0 Å². The van der Waals surface area contributed by atoms with Crippen LogP contribution in [0.4, 0.5) is 17.1 Å². The first kappa shape index (κ1) is 36.5. The number of rotatable bonds is 6. The summed E-state index contributed by atoms with van der Waals surface area (Å²) in [6.07, 6.45) is 8.52. The van der Waals surface area contributed by atoms with E-state index in [1.807, 2.05) is 0 Å². The minimum Gasteiger partial charge on any atom is -0.310 e. The molecule has 0 unspecified atom stereocenters. The SMILES string of the molecule is c1ccc(-c2cccc3cccc(-c4ccc(N(c5ccc(C67CC8CC(CC(C8)C6)C7)cc5)c5ccc6c(c5)C5(c7ccccc7-c7ccccc75)c5ccccc5-6)cc4)c23)cc1. The number of anilines is 3. The number of hydrogen-bond acceptors (Lipinski definition) is 1. The molecule has 1 heteroatoms. The topological polar surface area (TPSA) is 3.24 Å². The molecule has 1 spiro atoms. The van der Waals surface area contributed by atoms with E-state index in [9.17, 15) is 0 Å². The van der Waals surface area contributed by atoms with E-state index in [2.05, 4.69) is 211 Å². The molecule has 0 aromatic heterocycles. The molecule has 9 aromatic rings. The highest BCUT2D eigenvalue weighted by Crippen LogP contribution is 2.64. The van der Waals surface area contributed by atoms with Gasteiger partial charge in [-0.3, -0.25) is 0 Å². The third kappa shape index (κ3) is 5.19. The second-order valence-corrected chi connectivity index (χ2v) is 19.8. The maximum absolute atomic E-state index is 2.53. The van der Waals surface area contributed by atoms with E-state index in [4.69, 9.17) is 0 Å². The summed E-state index contributed by atoms with van der Waals surface area (Å²) in [5, 5.41) is 2.55. The van der Waals surface area contributed by atoms with Gasteiger partial charge in [0.25, 0.3) is 0 Å². The van der Waals surface area contributed by atoms with Gasteiger partial charge in [-0.2, -0.15) is 0 Å². The molecule has 6 aliphatic rings. The zero-order valence-electron chi connectivity index (χ0n) is 36.1. The van der Waals surface area contributed by atoms with Gasteiger partial charge in [0.2, 0.25) is 0 Å². The predicted molar refractivity (Wildman–Crippen MR) is 266 cm³/mol. The fourth-order valence-electron chi connectivity index (χ4n) is 14.3. The molecule has 0 radical (unpaired) electrons. The molecule has 1 nitrogen and oxygen atoms in total. The van der Waals surface area contributed by atoms with Crippen molar-refractivity contribution in [2.45, 2.75) is 49.4 Å². The summed E-state index contributed by atoms with van der Waals surface area (Å²) in [5.74, 6) is 2.75. The molecular weight excluding hydrogens is 771 g/mol. The molecule has 0 N–H and O–H groups in total. The van der Waals surface area contributed by atoms with Gasteiger partial charge in [0.15, 0.2) is 0 Å². The summed E-state index contributed by atoms with van der Waals surface area (Å²) in [7, 11) is 0. The highest BCUT2D eigenvalue weighted by molar-refractivity contribution is 6.06. The minimum absolute atomic E-state index is 0.353. The monoisotopic (exact) mass is 819 g/mol. The molecular formula is C63H49N. The first-order valence-corrected chi connectivity index (χ1v) is 23.7. The van der Waals surface area contributed by atoms with Crippen LogP contribution in [0.3, 0.4) is 0 Å². The maximum atomic E-state index is 2.53. The van der Waals surface area contributed by atoms with Crippen LogP contribution in [0.2, 0.25) is 0 Å². The Morgan fingerprint density at radius 3 is 1.33 bits per heavy atom. The Balaban J connectivity index is 0.940. The Bertz CT molecular complexity index is 3200. The van der Waals surface area contributed by atoms with E-state index < -0.39 is 5.41 Å². The molecule has 4 saturated carbocycles. The lowest BCUT2D eigenvalue weighted by atomic mass is 9.48. The quantitative estimate of drug-likeness (QED) is 0.162. The van der Waals surface area contributed by atoms with Crippen molar-refractivity contribution in [2.24, 2.45) is 17.8 Å². The standard InChI is InChI=1S/C63H49N/c1-2-12-44(13-3-1)51-19-10-14-46-15-11-20-52(61(46)51)45-24-28-48(29-25-45)64(49-30-26-47(27-31-49)62-38-41-34-42(39-62)36-43(35-41)40-62)50-32-33-56-55-18-6-9-23-59(55)63(60(56)37-50)57-21-7-4-16-53(57)54-17-5-8-22-58(54)63/h1-33,37,41-43H,34-36,38-40H2. The van der Waals surface area contributed by atoms with Gasteiger partial charge in [0.05, 0.1) is 5.41 Å². The van der Waals surface area contributed by atoms with E-state index in [1.54, 1.807) is 5.56 Å². The highest BCUT2D eigenvalue weighted by atomic mass is 15.1. The number of hydrogen-bond donors (Lipinski definition) is 0. The average molecular weight is 820 g/mol. The lowest BCUT2D eigenvalue weighted by Crippen LogP contribution is -2.48. The minimum atomic E-state index is -0.405. The van der Waals surface area contributed by atoms with Gasteiger partial charge >= 0.3 is 0 Å². The smallest absolute Gasteiger partial charge is 0.0726 e. The van der Waals surface area contributed by atoms with Crippen molar-refractivity contribution in [2.75, 3.05) is 4.90 Å². The summed E-state index contributed by atoms with van der Waals surface area (Å²) in [4.78, 5) is 2.52.